The minimum atomic E-state index is 0.340. The maximum atomic E-state index is 5.84. The molecule has 0 aliphatic carbocycles. The van der Waals surface area contributed by atoms with Crippen molar-refractivity contribution in [3.8, 4) is 0 Å². The molecule has 1 aliphatic heterocycles. The maximum absolute atomic E-state index is 5.84. The normalized spacial score (nSPS) is 19.9. The van der Waals surface area contributed by atoms with E-state index in [0.29, 0.717) is 12.1 Å². The van der Waals surface area contributed by atoms with Crippen LogP contribution in [-0.4, -0.2) is 42.8 Å². The van der Waals surface area contributed by atoms with Gasteiger partial charge in [-0.1, -0.05) is 6.92 Å². The Balaban J connectivity index is 1.98. The molecule has 0 amide bonds. The van der Waals surface area contributed by atoms with Gasteiger partial charge < -0.3 is 15.0 Å². The SMILES string of the molecule is CCCOC1CCCN(c2ccnc(NC)n2)C1. The zero-order valence-electron chi connectivity index (χ0n) is 11.2. The second-order valence-electron chi connectivity index (χ2n) is 4.57. The fraction of sp³-hybridized carbons (Fsp3) is 0.692. The third-order valence-corrected chi connectivity index (χ3v) is 3.12. The zero-order chi connectivity index (χ0) is 12.8. The lowest BCUT2D eigenvalue weighted by Gasteiger charge is -2.33. The first-order valence-corrected chi connectivity index (χ1v) is 6.71. The topological polar surface area (TPSA) is 50.3 Å². The Bertz CT molecular complexity index is 372. The second-order valence-corrected chi connectivity index (χ2v) is 4.57. The molecule has 1 aliphatic rings. The average Bonchev–Trinajstić information content (AvgIpc) is 2.45. The van der Waals surface area contributed by atoms with Gasteiger partial charge in [0.15, 0.2) is 0 Å². The Kier molecular flexibility index (Phi) is 4.75. The molecular formula is C13H22N4O. The number of nitrogens with one attached hydrogen (secondary N) is 1. The van der Waals surface area contributed by atoms with Crippen LogP contribution in [0.3, 0.4) is 0 Å². The van der Waals surface area contributed by atoms with E-state index in [9.17, 15) is 0 Å². The largest absolute Gasteiger partial charge is 0.376 e. The average molecular weight is 250 g/mol. The van der Waals surface area contributed by atoms with E-state index in [1.165, 1.54) is 0 Å². The fourth-order valence-electron chi connectivity index (χ4n) is 2.21. The molecule has 1 aromatic heterocycles. The van der Waals surface area contributed by atoms with Crippen molar-refractivity contribution < 1.29 is 4.74 Å². The van der Waals surface area contributed by atoms with Crippen molar-refractivity contribution in [2.45, 2.75) is 32.3 Å². The second kappa shape index (κ2) is 6.54. The van der Waals surface area contributed by atoms with Crippen LogP contribution in [0.25, 0.3) is 0 Å². The Morgan fingerprint density at radius 3 is 3.22 bits per heavy atom. The summed E-state index contributed by atoms with van der Waals surface area (Å²) in [5.74, 6) is 1.66. The predicted octanol–water partition coefficient (Wildman–Crippen LogP) is 1.91. The number of ether oxygens (including phenoxy) is 1. The van der Waals surface area contributed by atoms with E-state index in [-0.39, 0.29) is 0 Å². The molecular weight excluding hydrogens is 228 g/mol. The first-order chi connectivity index (χ1) is 8.83. The van der Waals surface area contributed by atoms with E-state index in [0.717, 1.165) is 44.8 Å². The number of hydrogen-bond acceptors (Lipinski definition) is 5. The number of anilines is 2. The van der Waals surface area contributed by atoms with E-state index < -0.39 is 0 Å². The molecule has 1 aromatic rings. The number of piperidine rings is 1. The van der Waals surface area contributed by atoms with Gasteiger partial charge >= 0.3 is 0 Å². The summed E-state index contributed by atoms with van der Waals surface area (Å²) in [7, 11) is 1.84. The summed E-state index contributed by atoms with van der Waals surface area (Å²) in [6, 6.07) is 1.96. The summed E-state index contributed by atoms with van der Waals surface area (Å²) in [5, 5.41) is 2.97. The molecule has 0 radical (unpaired) electrons. The first-order valence-electron chi connectivity index (χ1n) is 6.71. The molecule has 0 aromatic carbocycles. The molecule has 2 heterocycles. The Labute approximate surface area is 109 Å². The smallest absolute Gasteiger partial charge is 0.224 e. The van der Waals surface area contributed by atoms with Gasteiger partial charge in [-0.15, -0.1) is 0 Å². The fourth-order valence-corrected chi connectivity index (χ4v) is 2.21. The van der Waals surface area contributed by atoms with Crippen molar-refractivity contribution >= 4 is 11.8 Å². The van der Waals surface area contributed by atoms with Crippen LogP contribution in [0.2, 0.25) is 0 Å². The van der Waals surface area contributed by atoms with E-state index in [1.807, 2.05) is 13.1 Å². The summed E-state index contributed by atoms with van der Waals surface area (Å²) < 4.78 is 5.84. The van der Waals surface area contributed by atoms with Crippen molar-refractivity contribution in [2.75, 3.05) is 37.0 Å². The van der Waals surface area contributed by atoms with Crippen LogP contribution < -0.4 is 10.2 Å². The highest BCUT2D eigenvalue weighted by molar-refractivity contribution is 5.42. The van der Waals surface area contributed by atoms with Gasteiger partial charge in [0.2, 0.25) is 5.95 Å². The highest BCUT2D eigenvalue weighted by Gasteiger charge is 2.21. The molecule has 0 saturated carbocycles. The van der Waals surface area contributed by atoms with Crippen LogP contribution in [-0.2, 0) is 4.74 Å². The van der Waals surface area contributed by atoms with Gasteiger partial charge in [0.25, 0.3) is 0 Å². The third kappa shape index (κ3) is 3.32. The molecule has 0 bridgehead atoms. The lowest BCUT2D eigenvalue weighted by Crippen LogP contribution is -2.40. The van der Waals surface area contributed by atoms with Crippen LogP contribution >= 0.6 is 0 Å². The molecule has 2 rings (SSSR count). The lowest BCUT2D eigenvalue weighted by atomic mass is 10.1. The van der Waals surface area contributed by atoms with E-state index >= 15 is 0 Å². The van der Waals surface area contributed by atoms with Crippen LogP contribution in [0.5, 0.6) is 0 Å². The van der Waals surface area contributed by atoms with Crippen molar-refractivity contribution in [1.29, 1.82) is 0 Å². The van der Waals surface area contributed by atoms with Gasteiger partial charge in [0.1, 0.15) is 5.82 Å². The molecule has 5 nitrogen and oxygen atoms in total. The van der Waals surface area contributed by atoms with Gasteiger partial charge in [0, 0.05) is 32.9 Å². The molecule has 1 N–H and O–H groups in total. The number of rotatable bonds is 5. The summed E-state index contributed by atoms with van der Waals surface area (Å²) in [6.07, 6.45) is 5.53. The summed E-state index contributed by atoms with van der Waals surface area (Å²) in [4.78, 5) is 10.9. The minimum absolute atomic E-state index is 0.340. The number of hydrogen-bond donors (Lipinski definition) is 1. The van der Waals surface area contributed by atoms with Gasteiger partial charge in [-0.3, -0.25) is 0 Å². The predicted molar refractivity (Wildman–Crippen MR) is 73.1 cm³/mol. The van der Waals surface area contributed by atoms with Crippen LogP contribution in [0.4, 0.5) is 11.8 Å². The lowest BCUT2D eigenvalue weighted by molar-refractivity contribution is 0.0439. The molecule has 18 heavy (non-hydrogen) atoms. The van der Waals surface area contributed by atoms with E-state index in [2.05, 4.69) is 27.1 Å². The van der Waals surface area contributed by atoms with Gasteiger partial charge in [0.05, 0.1) is 6.10 Å². The Hall–Kier alpha value is -1.36. The van der Waals surface area contributed by atoms with Crippen molar-refractivity contribution in [2.24, 2.45) is 0 Å². The monoisotopic (exact) mass is 250 g/mol. The molecule has 0 spiro atoms. The Morgan fingerprint density at radius 2 is 2.44 bits per heavy atom. The summed E-state index contributed by atoms with van der Waals surface area (Å²) in [6.45, 7) is 4.97. The number of aromatic nitrogens is 2. The molecule has 1 unspecified atom stereocenters. The highest BCUT2D eigenvalue weighted by atomic mass is 16.5. The summed E-state index contributed by atoms with van der Waals surface area (Å²) in [5.41, 5.74) is 0. The van der Waals surface area contributed by atoms with Crippen molar-refractivity contribution in [3.63, 3.8) is 0 Å². The van der Waals surface area contributed by atoms with Crippen molar-refractivity contribution in [1.82, 2.24) is 9.97 Å². The van der Waals surface area contributed by atoms with Crippen LogP contribution in [0, 0.1) is 0 Å². The zero-order valence-corrected chi connectivity index (χ0v) is 11.2. The number of nitrogens with zero attached hydrogens (tertiary/aromatic N) is 3. The van der Waals surface area contributed by atoms with E-state index in [1.54, 1.807) is 6.20 Å². The minimum Gasteiger partial charge on any atom is -0.376 e. The highest BCUT2D eigenvalue weighted by Crippen LogP contribution is 2.20. The first kappa shape index (κ1) is 13.1. The maximum Gasteiger partial charge on any atom is 0.224 e. The van der Waals surface area contributed by atoms with Crippen molar-refractivity contribution in [3.05, 3.63) is 12.3 Å². The molecule has 100 valence electrons. The Morgan fingerprint density at radius 1 is 1.56 bits per heavy atom. The van der Waals surface area contributed by atoms with Gasteiger partial charge in [-0.05, 0) is 25.3 Å². The van der Waals surface area contributed by atoms with E-state index in [4.69, 9.17) is 4.74 Å². The summed E-state index contributed by atoms with van der Waals surface area (Å²) >= 11 is 0. The molecule has 1 atom stereocenters. The molecule has 1 saturated heterocycles. The quantitative estimate of drug-likeness (QED) is 0.865. The molecule has 1 fully saturated rings. The van der Waals surface area contributed by atoms with Crippen LogP contribution in [0.1, 0.15) is 26.2 Å². The third-order valence-electron chi connectivity index (χ3n) is 3.12. The standard InChI is InChI=1S/C13H22N4O/c1-3-9-18-11-5-4-8-17(10-11)12-6-7-15-13(14-2)16-12/h6-7,11H,3-5,8-10H2,1-2H3,(H,14,15,16). The van der Waals surface area contributed by atoms with Crippen LogP contribution in [0.15, 0.2) is 12.3 Å². The van der Waals surface area contributed by atoms with Gasteiger partial charge in [-0.2, -0.15) is 4.98 Å². The molecule has 5 heteroatoms. The van der Waals surface area contributed by atoms with Gasteiger partial charge in [-0.25, -0.2) is 4.98 Å².